The number of aromatic amines is 2. The molecule has 2 aliphatic rings. The molecule has 2 N–H and O–H groups in total. The minimum atomic E-state index is -0.173. The Balaban J connectivity index is 1.27. The van der Waals surface area contributed by atoms with Crippen molar-refractivity contribution in [2.24, 2.45) is 0 Å². The van der Waals surface area contributed by atoms with Crippen molar-refractivity contribution in [3.05, 3.63) is 145 Å². The monoisotopic (exact) mass is 761 g/mol. The highest BCUT2D eigenvalue weighted by Crippen LogP contribution is 2.38. The van der Waals surface area contributed by atoms with Gasteiger partial charge in [-0.1, -0.05) is 12.1 Å². The maximum Gasteiger partial charge on any atom is 0.305 e. The van der Waals surface area contributed by atoms with Crippen molar-refractivity contribution in [3.63, 3.8) is 0 Å². The fourth-order valence-electron chi connectivity index (χ4n) is 7.49. The Kier molecular flexibility index (Phi) is 10.2. The first-order chi connectivity index (χ1) is 28.6. The predicted octanol–water partition coefficient (Wildman–Crippen LogP) is 10.6. The van der Waals surface area contributed by atoms with Gasteiger partial charge in [0.25, 0.3) is 0 Å². The molecule has 10 heteroatoms. The third-order valence-electron chi connectivity index (χ3n) is 10.2. The zero-order valence-electron chi connectivity index (χ0n) is 31.9. The second-order valence-corrected chi connectivity index (χ2v) is 13.8. The van der Waals surface area contributed by atoms with Gasteiger partial charge in [-0.15, -0.1) is 0 Å². The normalized spacial score (nSPS) is 11.8. The van der Waals surface area contributed by atoms with E-state index in [4.69, 9.17) is 19.4 Å². The van der Waals surface area contributed by atoms with Crippen molar-refractivity contribution >= 4 is 52.3 Å². The highest BCUT2D eigenvalue weighted by Gasteiger charge is 2.19. The summed E-state index contributed by atoms with van der Waals surface area (Å²) in [6.45, 7) is 2.72. The van der Waals surface area contributed by atoms with Crippen LogP contribution in [-0.4, -0.2) is 54.1 Å². The number of benzene rings is 1. The zero-order chi connectivity index (χ0) is 39.3. The minimum absolute atomic E-state index is 0.173. The van der Waals surface area contributed by atoms with Crippen LogP contribution in [0.2, 0.25) is 0 Å². The smallest absolute Gasteiger partial charge is 0.305 e. The molecule has 0 saturated carbocycles. The average Bonchev–Trinajstić information content (AvgIpc) is 4.11. The average molecular weight is 762 g/mol. The van der Waals surface area contributed by atoms with Crippen molar-refractivity contribution in [1.82, 2.24) is 34.9 Å². The van der Waals surface area contributed by atoms with Crippen LogP contribution in [0.25, 0.3) is 90.9 Å². The van der Waals surface area contributed by atoms with E-state index in [0.29, 0.717) is 26.1 Å². The van der Waals surface area contributed by atoms with Crippen LogP contribution in [0.5, 0.6) is 5.75 Å². The molecular weight excluding hydrogens is 723 g/mol. The summed E-state index contributed by atoms with van der Waals surface area (Å²) in [4.78, 5) is 42.9. The number of hydrogen-bond donors (Lipinski definition) is 2. The fourth-order valence-corrected chi connectivity index (χ4v) is 7.49. The molecule has 7 aromatic rings. The van der Waals surface area contributed by atoms with Crippen molar-refractivity contribution in [2.75, 3.05) is 13.2 Å². The molecule has 9 rings (SSSR count). The van der Waals surface area contributed by atoms with Gasteiger partial charge in [0.05, 0.1) is 36.0 Å². The number of carbonyl (C=O) groups excluding carboxylic acids is 1. The number of hydrogen-bond acceptors (Lipinski definition) is 8. The van der Waals surface area contributed by atoms with Crippen LogP contribution in [0, 0.1) is 0 Å². The van der Waals surface area contributed by atoms with Crippen LogP contribution >= 0.6 is 0 Å². The molecule has 6 aromatic heterocycles. The molecule has 1 aromatic carbocycles. The van der Waals surface area contributed by atoms with Crippen molar-refractivity contribution in [1.29, 1.82) is 0 Å². The molecular formula is C48H39N7O3. The number of pyridine rings is 3. The van der Waals surface area contributed by atoms with Gasteiger partial charge in [0.1, 0.15) is 5.75 Å². The SMILES string of the molecule is CCOC(=O)CCCCOc1ccc(-c2c3nc(c(-c4ccncc4)c4ccc([nH]4)c(-c4ccncc4)c4nc(c(-c5ccncc5)c5ccc2[nH]5)C=C4)C=C3)cc1. The Morgan fingerprint density at radius 2 is 0.879 bits per heavy atom. The van der Waals surface area contributed by atoms with Crippen LogP contribution in [-0.2, 0) is 9.53 Å². The number of carbonyl (C=O) groups is 1. The lowest BCUT2D eigenvalue weighted by Gasteiger charge is -2.09. The summed E-state index contributed by atoms with van der Waals surface area (Å²) in [7, 11) is 0. The van der Waals surface area contributed by atoms with Gasteiger partial charge in [0, 0.05) is 87.9 Å². The largest absolute Gasteiger partial charge is 0.494 e. The fraction of sp³-hybridized carbons (Fsp3) is 0.125. The Bertz CT molecular complexity index is 2790. The first-order valence-corrected chi connectivity index (χ1v) is 19.4. The summed E-state index contributed by atoms with van der Waals surface area (Å²) < 4.78 is 11.1. The molecule has 0 atom stereocenters. The van der Waals surface area contributed by atoms with Gasteiger partial charge in [0.15, 0.2) is 0 Å². The molecule has 2 aliphatic heterocycles. The van der Waals surface area contributed by atoms with Gasteiger partial charge in [-0.25, -0.2) is 9.97 Å². The Labute approximate surface area is 335 Å². The van der Waals surface area contributed by atoms with Gasteiger partial charge < -0.3 is 19.4 Å². The second-order valence-electron chi connectivity index (χ2n) is 13.8. The standard InChI is InChI=1S/C48H39N7O3/c1-2-57-44(56)5-3-4-30-58-35-8-6-31(7-9-35)45-36-10-12-38(52-36)46(32-18-24-49-25-19-32)40-14-16-42(54-40)48(34-22-28-51-29-23-34)43-17-15-41(55-43)47(33-20-26-50-27-21-33)39-13-11-37(45)53-39/h6-29,52,55H,2-5,30H2,1H3. The van der Waals surface area contributed by atoms with E-state index < -0.39 is 0 Å². The molecule has 0 saturated heterocycles. The highest BCUT2D eigenvalue weighted by molar-refractivity contribution is 5.99. The molecule has 0 spiro atoms. The zero-order valence-corrected chi connectivity index (χ0v) is 31.9. The molecule has 0 amide bonds. The maximum absolute atomic E-state index is 11.7. The second kappa shape index (κ2) is 16.3. The first kappa shape index (κ1) is 36.2. The van der Waals surface area contributed by atoms with Gasteiger partial charge in [-0.05, 0) is 139 Å². The third kappa shape index (κ3) is 7.43. The van der Waals surface area contributed by atoms with Crippen LogP contribution in [0.4, 0.5) is 0 Å². The van der Waals surface area contributed by atoms with E-state index in [-0.39, 0.29) is 5.97 Å². The van der Waals surface area contributed by atoms with Crippen molar-refractivity contribution < 1.29 is 14.3 Å². The number of aromatic nitrogens is 7. The van der Waals surface area contributed by atoms with Crippen LogP contribution < -0.4 is 4.74 Å². The summed E-state index contributed by atoms with van der Waals surface area (Å²) in [5, 5.41) is 0. The first-order valence-electron chi connectivity index (χ1n) is 19.4. The van der Waals surface area contributed by atoms with Gasteiger partial charge >= 0.3 is 5.97 Å². The van der Waals surface area contributed by atoms with E-state index in [9.17, 15) is 4.79 Å². The van der Waals surface area contributed by atoms with E-state index >= 15 is 0 Å². The van der Waals surface area contributed by atoms with Gasteiger partial charge in [-0.3, -0.25) is 19.7 Å². The Morgan fingerprint density at radius 3 is 1.26 bits per heavy atom. The molecule has 8 bridgehead atoms. The van der Waals surface area contributed by atoms with Crippen LogP contribution in [0.3, 0.4) is 0 Å². The Morgan fingerprint density at radius 1 is 0.500 bits per heavy atom. The molecule has 284 valence electrons. The molecule has 58 heavy (non-hydrogen) atoms. The summed E-state index contributed by atoms with van der Waals surface area (Å²) >= 11 is 0. The van der Waals surface area contributed by atoms with Gasteiger partial charge in [-0.2, -0.15) is 0 Å². The number of H-pyrrole nitrogens is 2. The molecule has 10 nitrogen and oxygen atoms in total. The topological polar surface area (TPSA) is 132 Å². The summed E-state index contributed by atoms with van der Waals surface area (Å²) in [5.74, 6) is 0.579. The number of unbranched alkanes of at least 4 members (excludes halogenated alkanes) is 1. The predicted molar refractivity (Wildman–Crippen MR) is 230 cm³/mol. The van der Waals surface area contributed by atoms with E-state index in [1.807, 2.05) is 55.5 Å². The number of fused-ring (bicyclic) bond motifs is 8. The number of ether oxygens (including phenoxy) is 2. The molecule has 0 fully saturated rings. The quantitative estimate of drug-likeness (QED) is 0.0983. The summed E-state index contributed by atoms with van der Waals surface area (Å²) in [6.07, 6.45) is 21.0. The van der Waals surface area contributed by atoms with E-state index in [0.717, 1.165) is 102 Å². The minimum Gasteiger partial charge on any atom is -0.494 e. The van der Waals surface area contributed by atoms with E-state index in [1.54, 1.807) is 37.2 Å². The number of nitrogens with zero attached hydrogens (tertiary/aromatic N) is 5. The lowest BCUT2D eigenvalue weighted by molar-refractivity contribution is -0.143. The van der Waals surface area contributed by atoms with Gasteiger partial charge in [0.2, 0.25) is 0 Å². The van der Waals surface area contributed by atoms with Crippen molar-refractivity contribution in [3.8, 4) is 50.3 Å². The van der Waals surface area contributed by atoms with Crippen molar-refractivity contribution in [2.45, 2.75) is 26.2 Å². The molecule has 0 aliphatic carbocycles. The molecule has 8 heterocycles. The summed E-state index contributed by atoms with van der Waals surface area (Å²) in [6, 6.07) is 28.6. The highest BCUT2D eigenvalue weighted by atomic mass is 16.5. The Hall–Kier alpha value is -7.46. The number of rotatable bonds is 11. The van der Waals surface area contributed by atoms with Crippen LogP contribution in [0.15, 0.2) is 122 Å². The summed E-state index contributed by atoms with van der Waals surface area (Å²) in [5.41, 5.74) is 14.6. The number of nitrogens with one attached hydrogen (secondary N) is 2. The maximum atomic E-state index is 11.7. The lowest BCUT2D eigenvalue weighted by atomic mass is 10.0. The lowest BCUT2D eigenvalue weighted by Crippen LogP contribution is -2.05. The molecule has 0 radical (unpaired) electrons. The van der Waals surface area contributed by atoms with E-state index in [2.05, 4.69) is 85.6 Å². The van der Waals surface area contributed by atoms with E-state index in [1.165, 1.54) is 0 Å². The third-order valence-corrected chi connectivity index (χ3v) is 10.2. The molecule has 0 unspecified atom stereocenters. The number of esters is 1. The van der Waals surface area contributed by atoms with Crippen LogP contribution in [0.1, 0.15) is 49.0 Å².